The van der Waals surface area contributed by atoms with E-state index in [1.165, 1.54) is 18.6 Å². The first kappa shape index (κ1) is 15.8. The molecule has 1 heterocycles. The van der Waals surface area contributed by atoms with E-state index in [4.69, 9.17) is 10.6 Å². The molecule has 114 valence electrons. The van der Waals surface area contributed by atoms with Crippen LogP contribution in [0.15, 0.2) is 18.2 Å². The van der Waals surface area contributed by atoms with Crippen LogP contribution < -0.4 is 16.0 Å². The second-order valence-corrected chi connectivity index (χ2v) is 5.82. The van der Waals surface area contributed by atoms with E-state index in [0.29, 0.717) is 12.0 Å². The van der Waals surface area contributed by atoms with Crippen molar-refractivity contribution in [1.82, 2.24) is 15.0 Å². The second kappa shape index (κ2) is 6.93. The minimum Gasteiger partial charge on any atom is -0.494 e. The third-order valence-electron chi connectivity index (χ3n) is 3.29. The quantitative estimate of drug-likeness (QED) is 0.633. The fourth-order valence-corrected chi connectivity index (χ4v) is 3.03. The Balaban J connectivity index is 2.29. The van der Waals surface area contributed by atoms with E-state index in [1.807, 2.05) is 13.8 Å². The Kier molecular flexibility index (Phi) is 5.22. The summed E-state index contributed by atoms with van der Waals surface area (Å²) in [4.78, 5) is 0.940. The van der Waals surface area contributed by atoms with Crippen molar-refractivity contribution < 1.29 is 9.13 Å². The van der Waals surface area contributed by atoms with E-state index in [1.54, 1.807) is 18.2 Å². The molecule has 0 aliphatic carbocycles. The molecule has 0 aliphatic rings. The van der Waals surface area contributed by atoms with Crippen LogP contribution in [0.3, 0.4) is 0 Å². The molecule has 5 nitrogen and oxygen atoms in total. The van der Waals surface area contributed by atoms with Gasteiger partial charge >= 0.3 is 0 Å². The minimum atomic E-state index is -0.358. The molecular weight excluding hydrogens is 291 g/mol. The molecule has 1 unspecified atom stereocenters. The van der Waals surface area contributed by atoms with E-state index >= 15 is 0 Å². The summed E-state index contributed by atoms with van der Waals surface area (Å²) >= 11 is 1.29. The Morgan fingerprint density at radius 1 is 1.43 bits per heavy atom. The summed E-state index contributed by atoms with van der Waals surface area (Å²) in [6, 6.07) is 4.85. The fraction of sp³-hybridized carbons (Fsp3) is 0.429. The van der Waals surface area contributed by atoms with Crippen molar-refractivity contribution in [2.24, 2.45) is 5.84 Å². The number of benzene rings is 1. The first-order valence-corrected chi connectivity index (χ1v) is 7.45. The van der Waals surface area contributed by atoms with Gasteiger partial charge in [0.1, 0.15) is 0 Å². The van der Waals surface area contributed by atoms with Gasteiger partial charge in [0.15, 0.2) is 11.6 Å². The highest BCUT2D eigenvalue weighted by Gasteiger charge is 2.22. The van der Waals surface area contributed by atoms with Gasteiger partial charge < -0.3 is 4.74 Å². The van der Waals surface area contributed by atoms with Crippen LogP contribution in [0.5, 0.6) is 5.75 Å². The number of ether oxygens (including phenoxy) is 1. The lowest BCUT2D eigenvalue weighted by Gasteiger charge is -2.17. The highest BCUT2D eigenvalue weighted by molar-refractivity contribution is 7.05. The summed E-state index contributed by atoms with van der Waals surface area (Å²) in [5.41, 5.74) is 4.17. The highest BCUT2D eigenvalue weighted by atomic mass is 32.1. The average Bonchev–Trinajstić information content (AvgIpc) is 2.95. The van der Waals surface area contributed by atoms with Crippen LogP contribution in [-0.2, 0) is 6.42 Å². The molecule has 0 radical (unpaired) electrons. The predicted octanol–water partition coefficient (Wildman–Crippen LogP) is 2.56. The van der Waals surface area contributed by atoms with Crippen molar-refractivity contribution in [3.8, 4) is 5.75 Å². The normalized spacial score (nSPS) is 12.7. The van der Waals surface area contributed by atoms with Crippen LogP contribution >= 0.6 is 11.5 Å². The third kappa shape index (κ3) is 3.37. The smallest absolute Gasteiger partial charge is 0.168 e. The van der Waals surface area contributed by atoms with Gasteiger partial charge in [0.25, 0.3) is 0 Å². The average molecular weight is 310 g/mol. The zero-order valence-electron chi connectivity index (χ0n) is 12.3. The summed E-state index contributed by atoms with van der Waals surface area (Å²) < 4.78 is 23.2. The summed E-state index contributed by atoms with van der Waals surface area (Å²) in [6.07, 6.45) is 0.406. The van der Waals surface area contributed by atoms with Crippen molar-refractivity contribution >= 4 is 11.5 Å². The molecule has 0 bridgehead atoms. The zero-order valence-corrected chi connectivity index (χ0v) is 13.1. The molecule has 0 fully saturated rings. The molecule has 2 rings (SSSR count). The topological polar surface area (TPSA) is 73.1 Å². The molecule has 0 spiro atoms. The predicted molar refractivity (Wildman–Crippen MR) is 80.7 cm³/mol. The lowest BCUT2D eigenvalue weighted by atomic mass is 10.00. The maximum absolute atomic E-state index is 14.2. The van der Waals surface area contributed by atoms with Crippen LogP contribution in [0.1, 0.15) is 41.9 Å². The number of nitrogens with two attached hydrogens (primary N) is 1. The Bertz CT molecular complexity index is 602. The van der Waals surface area contributed by atoms with Gasteiger partial charge in [0.05, 0.1) is 23.7 Å². The van der Waals surface area contributed by atoms with Crippen molar-refractivity contribution in [2.45, 2.75) is 32.2 Å². The summed E-state index contributed by atoms with van der Waals surface area (Å²) in [5, 5.41) is 4.14. The summed E-state index contributed by atoms with van der Waals surface area (Å²) in [6.45, 7) is 4.08. The third-order valence-corrected chi connectivity index (χ3v) is 4.15. The van der Waals surface area contributed by atoms with E-state index in [9.17, 15) is 4.39 Å². The Morgan fingerprint density at radius 2 is 2.19 bits per heavy atom. The molecule has 0 amide bonds. The molecule has 0 aliphatic heterocycles. The summed E-state index contributed by atoms with van der Waals surface area (Å²) in [5.74, 6) is 5.76. The fourth-order valence-electron chi connectivity index (χ4n) is 2.17. The van der Waals surface area contributed by atoms with Gasteiger partial charge in [-0.25, -0.2) is 4.39 Å². The molecule has 3 N–H and O–H groups in total. The zero-order chi connectivity index (χ0) is 15.4. The lowest BCUT2D eigenvalue weighted by molar-refractivity contribution is 0.382. The molecule has 0 saturated carbocycles. The largest absolute Gasteiger partial charge is 0.494 e. The minimum absolute atomic E-state index is 0.231. The molecule has 7 heteroatoms. The molecule has 1 aromatic heterocycles. The van der Waals surface area contributed by atoms with Crippen molar-refractivity contribution in [2.75, 3.05) is 7.11 Å². The molecule has 1 atom stereocenters. The lowest BCUT2D eigenvalue weighted by Crippen LogP contribution is -2.30. The SMILES string of the molecule is COc1cccc(CC(NN)c2snnc2C(C)C)c1F. The number of nitrogens with zero attached hydrogens (tertiary/aromatic N) is 2. The van der Waals surface area contributed by atoms with Gasteiger partial charge in [0, 0.05) is 0 Å². The molecule has 0 saturated heterocycles. The number of hydrogen-bond acceptors (Lipinski definition) is 6. The maximum Gasteiger partial charge on any atom is 0.168 e. The number of nitrogens with one attached hydrogen (secondary N) is 1. The number of hydrogen-bond donors (Lipinski definition) is 2. The highest BCUT2D eigenvalue weighted by Crippen LogP contribution is 2.30. The van der Waals surface area contributed by atoms with Gasteiger partial charge in [-0.1, -0.05) is 30.5 Å². The van der Waals surface area contributed by atoms with Gasteiger partial charge in [-0.05, 0) is 35.5 Å². The molecule has 1 aromatic carbocycles. The van der Waals surface area contributed by atoms with Gasteiger partial charge in [0.2, 0.25) is 0 Å². The molecule has 21 heavy (non-hydrogen) atoms. The Morgan fingerprint density at radius 3 is 2.81 bits per heavy atom. The van der Waals surface area contributed by atoms with Crippen LogP contribution in [0, 0.1) is 5.82 Å². The molecular formula is C14H19FN4OS. The molecule has 2 aromatic rings. The number of aromatic nitrogens is 2. The standard InChI is InChI=1S/C14H19FN4OS/c1-8(2)13-14(21-19-18-13)10(17-16)7-9-5-4-6-11(20-3)12(9)15/h4-6,8,10,17H,7,16H2,1-3H3. The monoisotopic (exact) mass is 310 g/mol. The van der Waals surface area contributed by atoms with E-state index in [-0.39, 0.29) is 23.5 Å². The number of hydrazine groups is 1. The van der Waals surface area contributed by atoms with E-state index in [0.717, 1.165) is 10.6 Å². The number of rotatable bonds is 6. The van der Waals surface area contributed by atoms with Gasteiger partial charge in [-0.3, -0.25) is 11.3 Å². The van der Waals surface area contributed by atoms with Gasteiger partial charge in [-0.15, -0.1) is 5.10 Å². The summed E-state index contributed by atoms with van der Waals surface area (Å²) in [7, 11) is 1.45. The van der Waals surface area contributed by atoms with E-state index in [2.05, 4.69) is 15.0 Å². The Hall–Kier alpha value is -1.57. The van der Waals surface area contributed by atoms with Crippen LogP contribution in [0.25, 0.3) is 0 Å². The van der Waals surface area contributed by atoms with Crippen molar-refractivity contribution in [3.63, 3.8) is 0 Å². The maximum atomic E-state index is 14.2. The Labute approximate surface area is 127 Å². The van der Waals surface area contributed by atoms with Crippen LogP contribution in [0.2, 0.25) is 0 Å². The van der Waals surface area contributed by atoms with Crippen LogP contribution in [-0.4, -0.2) is 16.7 Å². The van der Waals surface area contributed by atoms with Crippen molar-refractivity contribution in [1.29, 1.82) is 0 Å². The number of methoxy groups -OCH3 is 1. The first-order chi connectivity index (χ1) is 10.1. The first-order valence-electron chi connectivity index (χ1n) is 6.68. The van der Waals surface area contributed by atoms with Gasteiger partial charge in [-0.2, -0.15) is 0 Å². The number of halogens is 1. The van der Waals surface area contributed by atoms with E-state index < -0.39 is 0 Å². The second-order valence-electron chi connectivity index (χ2n) is 5.03. The van der Waals surface area contributed by atoms with Crippen LogP contribution in [0.4, 0.5) is 4.39 Å². The van der Waals surface area contributed by atoms with Crippen molar-refractivity contribution in [3.05, 3.63) is 40.2 Å².